The van der Waals surface area contributed by atoms with E-state index in [1.165, 1.54) is 0 Å². The number of benzene rings is 1. The van der Waals surface area contributed by atoms with Gasteiger partial charge in [-0.05, 0) is 23.8 Å². The number of carbonyl (C=O) groups is 1. The molecule has 0 bridgehead atoms. The van der Waals surface area contributed by atoms with Crippen LogP contribution >= 0.6 is 12.6 Å². The molecule has 0 amide bonds. The third-order valence-corrected chi connectivity index (χ3v) is 2.06. The predicted octanol–water partition coefficient (Wildman–Crippen LogP) is 2.15. The largest absolute Gasteiger partial charge is 0.303 e. The van der Waals surface area contributed by atoms with Crippen molar-refractivity contribution in [2.75, 3.05) is 0 Å². The van der Waals surface area contributed by atoms with Crippen molar-refractivity contribution in [3.8, 4) is 6.07 Å². The number of thiol groups is 1. The van der Waals surface area contributed by atoms with Crippen molar-refractivity contribution in [1.29, 1.82) is 5.26 Å². The number of aldehydes is 1. The van der Waals surface area contributed by atoms with Crippen LogP contribution in [-0.4, -0.2) is 6.29 Å². The van der Waals surface area contributed by atoms with E-state index in [9.17, 15) is 4.79 Å². The summed E-state index contributed by atoms with van der Waals surface area (Å²) in [7, 11) is 0. The second kappa shape index (κ2) is 4.11. The molecule has 3 heteroatoms. The molecule has 0 aliphatic heterocycles. The van der Waals surface area contributed by atoms with E-state index in [1.54, 1.807) is 25.1 Å². The molecule has 1 aromatic rings. The zero-order valence-electron chi connectivity index (χ0n) is 7.19. The summed E-state index contributed by atoms with van der Waals surface area (Å²) in [5, 5.41) is 8.67. The van der Waals surface area contributed by atoms with Crippen LogP contribution in [0.4, 0.5) is 0 Å². The van der Waals surface area contributed by atoms with Crippen LogP contribution in [0.1, 0.15) is 24.0 Å². The minimum absolute atomic E-state index is 0.181. The van der Waals surface area contributed by atoms with Crippen LogP contribution in [0.2, 0.25) is 0 Å². The van der Waals surface area contributed by atoms with Crippen molar-refractivity contribution >= 4 is 18.9 Å². The smallest absolute Gasteiger partial charge is 0.127 e. The predicted molar refractivity (Wildman–Crippen MR) is 52.9 cm³/mol. The first-order valence-corrected chi connectivity index (χ1v) is 4.31. The Morgan fingerprint density at radius 1 is 1.54 bits per heavy atom. The minimum Gasteiger partial charge on any atom is -0.303 e. The van der Waals surface area contributed by atoms with E-state index in [0.29, 0.717) is 10.5 Å². The van der Waals surface area contributed by atoms with E-state index < -0.39 is 0 Å². The number of nitrogens with zero attached hydrogens (tertiary/aromatic N) is 1. The molecule has 0 saturated carbocycles. The Labute approximate surface area is 82.6 Å². The van der Waals surface area contributed by atoms with Gasteiger partial charge in [-0.15, -0.1) is 12.6 Å². The quantitative estimate of drug-likeness (QED) is 0.574. The van der Waals surface area contributed by atoms with Crippen molar-refractivity contribution in [3.05, 3.63) is 29.3 Å². The highest BCUT2D eigenvalue weighted by Gasteiger charge is 2.05. The standard InChI is InChI=1S/C10H9NOS/c1-7(6-12)9-2-8(5-11)3-10(13)4-9/h2-4,6-7,13H,1H3. The van der Waals surface area contributed by atoms with Crippen LogP contribution in [0.3, 0.4) is 0 Å². The van der Waals surface area contributed by atoms with Gasteiger partial charge in [-0.1, -0.05) is 6.92 Å². The Balaban J connectivity index is 3.17. The Morgan fingerprint density at radius 3 is 2.77 bits per heavy atom. The highest BCUT2D eigenvalue weighted by atomic mass is 32.1. The fraction of sp³-hybridized carbons (Fsp3) is 0.200. The third kappa shape index (κ3) is 2.33. The van der Waals surface area contributed by atoms with Gasteiger partial charge < -0.3 is 4.79 Å². The first kappa shape index (κ1) is 9.82. The molecule has 0 radical (unpaired) electrons. The Bertz CT molecular complexity index is 368. The van der Waals surface area contributed by atoms with Crippen molar-refractivity contribution in [1.82, 2.24) is 0 Å². The first-order valence-electron chi connectivity index (χ1n) is 3.86. The fourth-order valence-electron chi connectivity index (χ4n) is 1.04. The summed E-state index contributed by atoms with van der Waals surface area (Å²) in [5.74, 6) is -0.181. The maximum Gasteiger partial charge on any atom is 0.127 e. The summed E-state index contributed by atoms with van der Waals surface area (Å²) in [6.07, 6.45) is 0.851. The molecule has 0 aliphatic carbocycles. The summed E-state index contributed by atoms with van der Waals surface area (Å²) >= 11 is 4.14. The molecule has 0 spiro atoms. The van der Waals surface area contributed by atoms with Gasteiger partial charge in [0.15, 0.2) is 0 Å². The fourth-order valence-corrected chi connectivity index (χ4v) is 1.33. The van der Waals surface area contributed by atoms with Gasteiger partial charge in [0.05, 0.1) is 11.6 Å². The summed E-state index contributed by atoms with van der Waals surface area (Å²) in [6, 6.07) is 7.19. The van der Waals surface area contributed by atoms with Crippen molar-refractivity contribution in [2.24, 2.45) is 0 Å². The van der Waals surface area contributed by atoms with E-state index >= 15 is 0 Å². The number of nitriles is 1. The summed E-state index contributed by atoms with van der Waals surface area (Å²) < 4.78 is 0. The third-order valence-electron chi connectivity index (χ3n) is 1.80. The zero-order valence-corrected chi connectivity index (χ0v) is 8.08. The molecule has 0 N–H and O–H groups in total. The van der Waals surface area contributed by atoms with Gasteiger partial charge >= 0.3 is 0 Å². The molecule has 13 heavy (non-hydrogen) atoms. The SMILES string of the molecule is CC(C=O)c1cc(S)cc(C#N)c1. The number of hydrogen-bond donors (Lipinski definition) is 1. The normalized spacial score (nSPS) is 11.8. The molecule has 1 unspecified atom stereocenters. The Hall–Kier alpha value is -1.27. The lowest BCUT2D eigenvalue weighted by molar-refractivity contribution is -0.108. The van der Waals surface area contributed by atoms with Gasteiger partial charge in [-0.25, -0.2) is 0 Å². The topological polar surface area (TPSA) is 40.9 Å². The number of carbonyl (C=O) groups excluding carboxylic acids is 1. The highest BCUT2D eigenvalue weighted by molar-refractivity contribution is 7.80. The van der Waals surface area contributed by atoms with E-state index in [4.69, 9.17) is 5.26 Å². The molecule has 1 atom stereocenters. The average molecular weight is 191 g/mol. The van der Waals surface area contributed by atoms with Gasteiger partial charge in [0, 0.05) is 10.8 Å². The van der Waals surface area contributed by atoms with Crippen molar-refractivity contribution in [2.45, 2.75) is 17.7 Å². The van der Waals surface area contributed by atoms with Crippen LogP contribution in [0.25, 0.3) is 0 Å². The molecule has 1 rings (SSSR count). The van der Waals surface area contributed by atoms with Crippen LogP contribution < -0.4 is 0 Å². The lowest BCUT2D eigenvalue weighted by Crippen LogP contribution is -1.95. The Morgan fingerprint density at radius 2 is 2.23 bits per heavy atom. The van der Waals surface area contributed by atoms with Gasteiger partial charge in [-0.3, -0.25) is 0 Å². The molecule has 0 heterocycles. The van der Waals surface area contributed by atoms with Crippen LogP contribution in [0, 0.1) is 11.3 Å². The van der Waals surface area contributed by atoms with E-state index in [-0.39, 0.29) is 5.92 Å². The molecule has 2 nitrogen and oxygen atoms in total. The molecule has 1 aromatic carbocycles. The van der Waals surface area contributed by atoms with Crippen LogP contribution in [0.15, 0.2) is 23.1 Å². The van der Waals surface area contributed by atoms with E-state index in [0.717, 1.165) is 11.8 Å². The monoisotopic (exact) mass is 191 g/mol. The maximum atomic E-state index is 10.5. The number of rotatable bonds is 2. The molecule has 0 aliphatic rings. The van der Waals surface area contributed by atoms with Crippen molar-refractivity contribution in [3.63, 3.8) is 0 Å². The molecular weight excluding hydrogens is 182 g/mol. The zero-order chi connectivity index (χ0) is 9.84. The maximum absolute atomic E-state index is 10.5. The molecule has 0 saturated heterocycles. The second-order valence-electron chi connectivity index (χ2n) is 2.85. The van der Waals surface area contributed by atoms with Gasteiger partial charge in [0.25, 0.3) is 0 Å². The van der Waals surface area contributed by atoms with Crippen LogP contribution in [-0.2, 0) is 4.79 Å². The number of hydrogen-bond acceptors (Lipinski definition) is 3. The van der Waals surface area contributed by atoms with E-state index in [1.807, 2.05) is 6.07 Å². The van der Waals surface area contributed by atoms with E-state index in [2.05, 4.69) is 12.6 Å². The van der Waals surface area contributed by atoms with Gasteiger partial charge in [0.2, 0.25) is 0 Å². The summed E-state index contributed by atoms with van der Waals surface area (Å²) in [6.45, 7) is 1.79. The van der Waals surface area contributed by atoms with Crippen molar-refractivity contribution < 1.29 is 4.79 Å². The van der Waals surface area contributed by atoms with Crippen LogP contribution in [0.5, 0.6) is 0 Å². The van der Waals surface area contributed by atoms with Gasteiger partial charge in [-0.2, -0.15) is 5.26 Å². The lowest BCUT2D eigenvalue weighted by atomic mass is 10.0. The highest BCUT2D eigenvalue weighted by Crippen LogP contribution is 2.19. The lowest BCUT2D eigenvalue weighted by Gasteiger charge is -2.04. The molecule has 0 fully saturated rings. The first-order chi connectivity index (χ1) is 6.17. The molecule has 66 valence electrons. The minimum atomic E-state index is -0.181. The average Bonchev–Trinajstić information content (AvgIpc) is 2.15. The summed E-state index contributed by atoms with van der Waals surface area (Å²) in [4.78, 5) is 11.2. The van der Waals surface area contributed by atoms with Gasteiger partial charge in [0.1, 0.15) is 6.29 Å². The molecule has 0 aromatic heterocycles. The summed E-state index contributed by atoms with van der Waals surface area (Å²) in [5.41, 5.74) is 1.37. The molecular formula is C10H9NOS. The Kier molecular flexibility index (Phi) is 3.10. The second-order valence-corrected chi connectivity index (χ2v) is 3.37.